The van der Waals surface area contributed by atoms with Crippen LogP contribution >= 0.6 is 22.9 Å². The summed E-state index contributed by atoms with van der Waals surface area (Å²) in [5.74, 6) is -1.07. The van der Waals surface area contributed by atoms with E-state index in [0.29, 0.717) is 14.8 Å². The van der Waals surface area contributed by atoms with Gasteiger partial charge in [0.05, 0.1) is 10.0 Å². The average molecular weight is 490 g/mol. The van der Waals surface area contributed by atoms with Gasteiger partial charge in [0.15, 0.2) is 0 Å². The van der Waals surface area contributed by atoms with Crippen molar-refractivity contribution in [3.05, 3.63) is 56.3 Å². The van der Waals surface area contributed by atoms with Gasteiger partial charge in [-0.2, -0.15) is 4.72 Å². The number of thiophene rings is 1. The second-order valence-corrected chi connectivity index (χ2v) is 9.89. The van der Waals surface area contributed by atoms with Gasteiger partial charge < -0.3 is 15.7 Å². The molecule has 0 bridgehead atoms. The molecule has 2 aromatic rings. The van der Waals surface area contributed by atoms with Crippen LogP contribution in [0.5, 0.6) is 0 Å². The fraction of sp³-hybridized carbons (Fsp3) is 0.263. The molecule has 0 radical (unpaired) electrons. The Labute approximate surface area is 188 Å². The molecule has 31 heavy (non-hydrogen) atoms. The van der Waals surface area contributed by atoms with E-state index in [-0.39, 0.29) is 31.2 Å². The van der Waals surface area contributed by atoms with Crippen molar-refractivity contribution in [2.24, 2.45) is 5.73 Å². The van der Waals surface area contributed by atoms with Crippen LogP contribution in [-0.2, 0) is 19.6 Å². The number of rotatable bonds is 6. The summed E-state index contributed by atoms with van der Waals surface area (Å²) in [7, 11) is -3.85. The van der Waals surface area contributed by atoms with Gasteiger partial charge in [-0.25, -0.2) is 12.8 Å². The molecule has 4 N–H and O–H groups in total. The number of halogens is 2. The molecule has 2 atom stereocenters. The van der Waals surface area contributed by atoms with Gasteiger partial charge in [-0.15, -0.1) is 11.3 Å². The number of nitrogens with zero attached hydrogens (tertiary/aromatic N) is 1. The number of carbonyl (C=O) groups excluding carboxylic acids is 1. The second-order valence-electron chi connectivity index (χ2n) is 6.54. The largest absolute Gasteiger partial charge is 0.483 e. The Kier molecular flexibility index (Phi) is 8.71. The standard InChI is InChI=1S/C18H19ClFN3O3S2.CH2O2/c1-11(21)12-2-4-16(14(20)10-12)23-8-6-15(18(23)24)22-28(25,26)9-7-13-3-5-17(19)27-13;2-1-3/h2-5,7,9-11,15,22H,6,8,21H2,1H3;1H,(H,2,3). The van der Waals surface area contributed by atoms with Crippen molar-refractivity contribution in [2.75, 3.05) is 11.4 Å². The van der Waals surface area contributed by atoms with Crippen LogP contribution in [0.15, 0.2) is 35.7 Å². The third-order valence-corrected chi connectivity index (χ3v) is 6.61. The topological polar surface area (TPSA) is 130 Å². The number of benzene rings is 1. The molecule has 3 rings (SSSR count). The highest BCUT2D eigenvalue weighted by Gasteiger charge is 2.35. The van der Waals surface area contributed by atoms with E-state index >= 15 is 0 Å². The van der Waals surface area contributed by atoms with Crippen molar-refractivity contribution < 1.29 is 27.5 Å². The maximum Gasteiger partial charge on any atom is 0.290 e. The minimum Gasteiger partial charge on any atom is -0.483 e. The predicted octanol–water partition coefficient (Wildman–Crippen LogP) is 2.96. The summed E-state index contributed by atoms with van der Waals surface area (Å²) in [4.78, 5) is 22.9. The van der Waals surface area contributed by atoms with Gasteiger partial charge in [0.1, 0.15) is 11.9 Å². The van der Waals surface area contributed by atoms with Crippen LogP contribution in [0, 0.1) is 5.82 Å². The number of nitrogens with two attached hydrogens (primary N) is 1. The Morgan fingerprint density at radius 1 is 1.39 bits per heavy atom. The molecular formula is C19H21ClFN3O5S2. The first kappa shape index (κ1) is 25.0. The molecule has 1 saturated heterocycles. The lowest BCUT2D eigenvalue weighted by Crippen LogP contribution is -2.40. The van der Waals surface area contributed by atoms with E-state index < -0.39 is 27.8 Å². The normalized spacial score (nSPS) is 17.5. The number of hydrogen-bond donors (Lipinski definition) is 3. The van der Waals surface area contributed by atoms with E-state index in [1.807, 2.05) is 0 Å². The smallest absolute Gasteiger partial charge is 0.290 e. The molecule has 0 aliphatic carbocycles. The van der Waals surface area contributed by atoms with E-state index in [4.69, 9.17) is 27.2 Å². The lowest BCUT2D eigenvalue weighted by atomic mass is 10.1. The molecule has 2 heterocycles. The van der Waals surface area contributed by atoms with Crippen LogP contribution in [-0.4, -0.2) is 38.5 Å². The lowest BCUT2D eigenvalue weighted by Gasteiger charge is -2.19. The Hall–Kier alpha value is -2.31. The number of nitrogens with one attached hydrogen (secondary N) is 1. The molecule has 2 unspecified atom stereocenters. The van der Waals surface area contributed by atoms with Gasteiger partial charge >= 0.3 is 0 Å². The van der Waals surface area contributed by atoms with Crippen molar-refractivity contribution >= 4 is 57.1 Å². The molecule has 1 aliphatic rings. The van der Waals surface area contributed by atoms with E-state index in [1.54, 1.807) is 25.1 Å². The molecule has 1 amide bonds. The van der Waals surface area contributed by atoms with Crippen LogP contribution in [0.4, 0.5) is 10.1 Å². The lowest BCUT2D eigenvalue weighted by molar-refractivity contribution is -0.123. The minimum atomic E-state index is -3.85. The number of carboxylic acid groups (broad SMARTS) is 1. The summed E-state index contributed by atoms with van der Waals surface area (Å²) < 4.78 is 41.8. The number of carbonyl (C=O) groups is 2. The van der Waals surface area contributed by atoms with Crippen molar-refractivity contribution in [2.45, 2.75) is 25.4 Å². The third kappa shape index (κ3) is 6.84. The number of anilines is 1. The fourth-order valence-corrected chi connectivity index (χ4v) is 4.94. The van der Waals surface area contributed by atoms with E-state index in [2.05, 4.69) is 4.72 Å². The number of sulfonamides is 1. The van der Waals surface area contributed by atoms with E-state index in [9.17, 15) is 17.6 Å². The first-order chi connectivity index (χ1) is 14.6. The number of amides is 1. The number of hydrogen-bond acceptors (Lipinski definition) is 6. The molecule has 8 nitrogen and oxygen atoms in total. The Morgan fingerprint density at radius 2 is 2.06 bits per heavy atom. The molecule has 1 aromatic heterocycles. The van der Waals surface area contributed by atoms with Crippen LogP contribution in [0.1, 0.15) is 29.8 Å². The van der Waals surface area contributed by atoms with Crippen LogP contribution in [0.2, 0.25) is 4.34 Å². The van der Waals surface area contributed by atoms with Gasteiger partial charge in [0.25, 0.3) is 6.47 Å². The van der Waals surface area contributed by atoms with Gasteiger partial charge in [-0.3, -0.25) is 9.59 Å². The molecular weight excluding hydrogens is 469 g/mol. The van der Waals surface area contributed by atoms with Gasteiger partial charge in [0.2, 0.25) is 15.9 Å². The van der Waals surface area contributed by atoms with E-state index in [0.717, 1.165) is 5.41 Å². The summed E-state index contributed by atoms with van der Waals surface area (Å²) in [5, 5.41) is 7.88. The highest BCUT2D eigenvalue weighted by molar-refractivity contribution is 7.92. The first-order valence-corrected chi connectivity index (χ1v) is 11.7. The Balaban J connectivity index is 0.00000107. The molecule has 1 fully saturated rings. The first-order valence-electron chi connectivity index (χ1n) is 8.98. The summed E-state index contributed by atoms with van der Waals surface area (Å²) >= 11 is 7.05. The zero-order valence-corrected chi connectivity index (χ0v) is 18.8. The third-order valence-electron chi connectivity index (χ3n) is 4.31. The van der Waals surface area contributed by atoms with Crippen molar-refractivity contribution in [1.82, 2.24) is 4.72 Å². The molecule has 0 saturated carbocycles. The van der Waals surface area contributed by atoms with Crippen molar-refractivity contribution in [3.8, 4) is 0 Å². The van der Waals surface area contributed by atoms with Crippen molar-refractivity contribution in [1.29, 1.82) is 0 Å². The van der Waals surface area contributed by atoms with E-state index in [1.165, 1.54) is 34.4 Å². The zero-order valence-electron chi connectivity index (χ0n) is 16.4. The Bertz CT molecular complexity index is 1070. The monoisotopic (exact) mass is 489 g/mol. The van der Waals surface area contributed by atoms with Gasteiger partial charge in [-0.05, 0) is 49.2 Å². The summed E-state index contributed by atoms with van der Waals surface area (Å²) in [5.41, 5.74) is 6.47. The summed E-state index contributed by atoms with van der Waals surface area (Å²) in [6, 6.07) is 6.51. The summed E-state index contributed by atoms with van der Waals surface area (Å²) in [6.45, 7) is 1.70. The molecule has 12 heteroatoms. The quantitative estimate of drug-likeness (QED) is 0.535. The van der Waals surface area contributed by atoms with Gasteiger partial charge in [-0.1, -0.05) is 17.7 Å². The molecule has 168 valence electrons. The molecule has 0 spiro atoms. The molecule has 1 aliphatic heterocycles. The summed E-state index contributed by atoms with van der Waals surface area (Å²) in [6.07, 6.45) is 1.65. The highest BCUT2D eigenvalue weighted by atomic mass is 35.5. The maximum absolute atomic E-state index is 14.4. The zero-order chi connectivity index (χ0) is 23.2. The van der Waals surface area contributed by atoms with Crippen LogP contribution in [0.3, 0.4) is 0 Å². The van der Waals surface area contributed by atoms with Crippen LogP contribution < -0.4 is 15.4 Å². The van der Waals surface area contributed by atoms with Crippen molar-refractivity contribution in [3.63, 3.8) is 0 Å². The van der Waals surface area contributed by atoms with Gasteiger partial charge in [0, 0.05) is 22.9 Å². The minimum absolute atomic E-state index is 0.111. The highest BCUT2D eigenvalue weighted by Crippen LogP contribution is 2.27. The predicted molar refractivity (Wildman–Crippen MR) is 119 cm³/mol. The fourth-order valence-electron chi connectivity index (χ4n) is 2.87. The van der Waals surface area contributed by atoms with Crippen LogP contribution in [0.25, 0.3) is 6.08 Å². The maximum atomic E-state index is 14.4. The average Bonchev–Trinajstić information content (AvgIpc) is 3.26. The second kappa shape index (κ2) is 10.8. The molecule has 1 aromatic carbocycles. The SMILES string of the molecule is CC(N)c1ccc(N2CCC(NS(=O)(=O)C=Cc3ccc(Cl)s3)C2=O)c(F)c1.O=CO. The Morgan fingerprint density at radius 3 is 2.61 bits per heavy atom.